The molecular weight excluding hydrogens is 410 g/mol. The van der Waals surface area contributed by atoms with Crippen LogP contribution in [0.25, 0.3) is 11.0 Å². The van der Waals surface area contributed by atoms with Gasteiger partial charge < -0.3 is 14.0 Å². The normalized spacial score (nSPS) is 15.5. The predicted molar refractivity (Wildman–Crippen MR) is 107 cm³/mol. The van der Waals surface area contributed by atoms with E-state index in [1.165, 1.54) is 15.2 Å². The molecule has 1 aromatic carbocycles. The lowest BCUT2D eigenvalue weighted by atomic mass is 10.3. The second-order valence-electron chi connectivity index (χ2n) is 6.92. The molecule has 11 heteroatoms. The fraction of sp³-hybridized carbons (Fsp3) is 0.421. The molecule has 30 heavy (non-hydrogen) atoms. The zero-order valence-electron chi connectivity index (χ0n) is 16.8. The first kappa shape index (κ1) is 20.5. The number of aromatic nitrogens is 4. The molecule has 2 aromatic heterocycles. The Morgan fingerprint density at radius 1 is 1.27 bits per heavy atom. The predicted octanol–water partition coefficient (Wildman–Crippen LogP) is 1.17. The molecule has 0 amide bonds. The van der Waals surface area contributed by atoms with Crippen molar-refractivity contribution in [1.82, 2.24) is 23.6 Å². The molecule has 1 aliphatic rings. The quantitative estimate of drug-likeness (QED) is 0.537. The van der Waals surface area contributed by atoms with Crippen LogP contribution in [0.3, 0.4) is 0 Å². The van der Waals surface area contributed by atoms with Crippen LogP contribution < -0.4 is 0 Å². The van der Waals surface area contributed by atoms with Crippen molar-refractivity contribution in [3.63, 3.8) is 0 Å². The average Bonchev–Trinajstić information content (AvgIpc) is 3.35. The van der Waals surface area contributed by atoms with Crippen LogP contribution in [0, 0.1) is 0 Å². The molecule has 0 unspecified atom stereocenters. The van der Waals surface area contributed by atoms with E-state index < -0.39 is 16.0 Å². The van der Waals surface area contributed by atoms with Gasteiger partial charge in [-0.1, -0.05) is 0 Å². The van der Waals surface area contributed by atoms with Crippen LogP contribution in [-0.4, -0.2) is 64.3 Å². The molecule has 0 atom stereocenters. The van der Waals surface area contributed by atoms with Crippen molar-refractivity contribution in [2.75, 3.05) is 26.3 Å². The average molecular weight is 433 g/mol. The van der Waals surface area contributed by atoms with Crippen molar-refractivity contribution in [1.29, 1.82) is 0 Å². The van der Waals surface area contributed by atoms with Crippen LogP contribution in [-0.2, 0) is 39.7 Å². The van der Waals surface area contributed by atoms with Crippen molar-refractivity contribution in [2.24, 2.45) is 7.05 Å². The summed E-state index contributed by atoms with van der Waals surface area (Å²) in [6.45, 7) is 3.97. The summed E-state index contributed by atoms with van der Waals surface area (Å²) in [4.78, 5) is 16.9. The first-order chi connectivity index (χ1) is 14.4. The van der Waals surface area contributed by atoms with E-state index in [2.05, 4.69) is 10.1 Å². The molecule has 3 aromatic rings. The number of rotatable bonds is 6. The van der Waals surface area contributed by atoms with Crippen LogP contribution >= 0.6 is 0 Å². The largest absolute Gasteiger partial charge is 0.454 e. The number of ether oxygens (including phenoxy) is 2. The Balaban J connectivity index is 1.59. The summed E-state index contributed by atoms with van der Waals surface area (Å²) in [6, 6.07) is 4.90. The Morgan fingerprint density at radius 3 is 2.70 bits per heavy atom. The number of aryl methyl sites for hydroxylation is 2. The lowest BCUT2D eigenvalue weighted by molar-refractivity contribution is 0.0458. The highest BCUT2D eigenvalue weighted by atomic mass is 32.2. The van der Waals surface area contributed by atoms with E-state index in [9.17, 15) is 13.2 Å². The highest BCUT2D eigenvalue weighted by Gasteiger charge is 2.27. The van der Waals surface area contributed by atoms with E-state index in [4.69, 9.17) is 9.47 Å². The van der Waals surface area contributed by atoms with Crippen molar-refractivity contribution < 1.29 is 22.7 Å². The van der Waals surface area contributed by atoms with E-state index in [1.807, 2.05) is 11.5 Å². The standard InChI is InChI=1S/C19H23N5O5S/c1-3-24-17-5-4-15(30(26,27)23-6-8-28-9-7-23)10-16(17)21-18(24)13-29-19(25)14-11-20-22(2)12-14/h4-5,10-12H,3,6-9,13H2,1-2H3. The molecule has 3 heterocycles. The summed E-state index contributed by atoms with van der Waals surface area (Å²) in [5.41, 5.74) is 1.68. The van der Waals surface area contributed by atoms with Crippen molar-refractivity contribution in [3.05, 3.63) is 42.0 Å². The molecular formula is C19H23N5O5S. The third kappa shape index (κ3) is 3.83. The molecule has 0 spiro atoms. The minimum absolute atomic E-state index is 0.0260. The van der Waals surface area contributed by atoms with Gasteiger partial charge in [-0.25, -0.2) is 18.2 Å². The summed E-state index contributed by atoms with van der Waals surface area (Å²) in [7, 11) is -1.90. The van der Waals surface area contributed by atoms with Gasteiger partial charge in [0.1, 0.15) is 12.4 Å². The number of fused-ring (bicyclic) bond motifs is 1. The summed E-state index contributed by atoms with van der Waals surface area (Å²) >= 11 is 0. The van der Waals surface area contributed by atoms with Gasteiger partial charge in [0.05, 0.1) is 40.9 Å². The van der Waals surface area contributed by atoms with Gasteiger partial charge >= 0.3 is 5.97 Å². The molecule has 1 aliphatic heterocycles. The van der Waals surface area contributed by atoms with E-state index in [1.54, 1.807) is 31.4 Å². The number of sulfonamides is 1. The van der Waals surface area contributed by atoms with Crippen molar-refractivity contribution >= 4 is 27.0 Å². The van der Waals surface area contributed by atoms with E-state index in [0.29, 0.717) is 49.8 Å². The van der Waals surface area contributed by atoms with Crippen LogP contribution in [0.15, 0.2) is 35.5 Å². The highest BCUT2D eigenvalue weighted by Crippen LogP contribution is 2.24. The van der Waals surface area contributed by atoms with E-state index in [-0.39, 0.29) is 11.5 Å². The molecule has 0 bridgehead atoms. The smallest absolute Gasteiger partial charge is 0.341 e. The first-order valence-electron chi connectivity index (χ1n) is 9.63. The SMILES string of the molecule is CCn1c(COC(=O)c2cnn(C)c2)nc2cc(S(=O)(=O)N3CCOCC3)ccc21. The fourth-order valence-corrected chi connectivity index (χ4v) is 4.89. The number of hydrogen-bond donors (Lipinski definition) is 0. The van der Waals surface area contributed by atoms with Crippen LogP contribution in [0.5, 0.6) is 0 Å². The highest BCUT2D eigenvalue weighted by molar-refractivity contribution is 7.89. The van der Waals surface area contributed by atoms with Gasteiger partial charge in [-0.3, -0.25) is 4.68 Å². The maximum absolute atomic E-state index is 12.9. The number of morpholine rings is 1. The Labute approximate surface area is 174 Å². The zero-order valence-corrected chi connectivity index (χ0v) is 17.6. The van der Waals surface area contributed by atoms with Crippen molar-refractivity contribution in [3.8, 4) is 0 Å². The Bertz CT molecular complexity index is 1180. The van der Waals surface area contributed by atoms with Gasteiger partial charge in [-0.2, -0.15) is 9.40 Å². The summed E-state index contributed by atoms with van der Waals surface area (Å²) < 4.78 is 41.3. The second-order valence-corrected chi connectivity index (χ2v) is 8.86. The Hall–Kier alpha value is -2.76. The summed E-state index contributed by atoms with van der Waals surface area (Å²) in [5.74, 6) is 0.0547. The van der Waals surface area contributed by atoms with Gasteiger partial charge in [-0.05, 0) is 25.1 Å². The Kier molecular flexibility index (Phi) is 5.58. The molecule has 0 aliphatic carbocycles. The molecule has 160 valence electrons. The summed E-state index contributed by atoms with van der Waals surface area (Å²) in [6.07, 6.45) is 3.02. The number of nitrogens with zero attached hydrogens (tertiary/aromatic N) is 5. The topological polar surface area (TPSA) is 109 Å². The minimum Gasteiger partial charge on any atom is -0.454 e. The molecule has 0 saturated carbocycles. The molecule has 1 saturated heterocycles. The first-order valence-corrected chi connectivity index (χ1v) is 11.1. The second kappa shape index (κ2) is 8.17. The lowest BCUT2D eigenvalue weighted by Crippen LogP contribution is -2.40. The maximum atomic E-state index is 12.9. The minimum atomic E-state index is -3.61. The molecule has 0 radical (unpaired) electrons. The number of carbonyl (C=O) groups excluding carboxylic acids is 1. The number of carbonyl (C=O) groups is 1. The lowest BCUT2D eigenvalue weighted by Gasteiger charge is -2.26. The molecule has 10 nitrogen and oxygen atoms in total. The van der Waals surface area contributed by atoms with E-state index in [0.717, 1.165) is 5.52 Å². The number of hydrogen-bond acceptors (Lipinski definition) is 7. The van der Waals surface area contributed by atoms with Gasteiger partial charge in [0.25, 0.3) is 0 Å². The van der Waals surface area contributed by atoms with Crippen LogP contribution in [0.4, 0.5) is 0 Å². The van der Waals surface area contributed by atoms with Crippen LogP contribution in [0.2, 0.25) is 0 Å². The number of esters is 1. The summed E-state index contributed by atoms with van der Waals surface area (Å²) in [5, 5.41) is 3.96. The number of imidazole rings is 1. The van der Waals surface area contributed by atoms with E-state index >= 15 is 0 Å². The number of benzene rings is 1. The van der Waals surface area contributed by atoms with Gasteiger partial charge in [0.15, 0.2) is 0 Å². The van der Waals surface area contributed by atoms with Crippen molar-refractivity contribution in [2.45, 2.75) is 25.0 Å². The Morgan fingerprint density at radius 2 is 2.03 bits per heavy atom. The monoisotopic (exact) mass is 433 g/mol. The maximum Gasteiger partial charge on any atom is 0.341 e. The fourth-order valence-electron chi connectivity index (χ4n) is 3.46. The van der Waals surface area contributed by atoms with Gasteiger partial charge in [0.2, 0.25) is 10.0 Å². The van der Waals surface area contributed by atoms with Crippen LogP contribution in [0.1, 0.15) is 23.1 Å². The van der Waals surface area contributed by atoms with Gasteiger partial charge in [-0.15, -0.1) is 0 Å². The third-order valence-electron chi connectivity index (χ3n) is 5.00. The third-order valence-corrected chi connectivity index (χ3v) is 6.89. The van der Waals surface area contributed by atoms with Gasteiger partial charge in [0, 0.05) is 32.9 Å². The molecule has 0 N–H and O–H groups in total. The zero-order chi connectivity index (χ0) is 21.3. The molecule has 4 rings (SSSR count). The molecule has 1 fully saturated rings.